The van der Waals surface area contributed by atoms with Crippen LogP contribution in [-0.4, -0.2) is 35.6 Å². The highest BCUT2D eigenvalue weighted by molar-refractivity contribution is 6.03. The van der Waals surface area contributed by atoms with Crippen LogP contribution in [0.3, 0.4) is 0 Å². The first-order valence-electron chi connectivity index (χ1n) is 16.7. The Hall–Kier alpha value is -5.04. The molecule has 1 aliphatic rings. The smallest absolute Gasteiger partial charge is 0.416 e. The number of carbonyl (C=O) groups is 2. The number of nitrogens with zero attached hydrogens (tertiary/aromatic N) is 2. The Kier molecular flexibility index (Phi) is 11.5. The van der Waals surface area contributed by atoms with Crippen LogP contribution in [0.15, 0.2) is 85.1 Å². The molecule has 5 rings (SSSR count). The van der Waals surface area contributed by atoms with Gasteiger partial charge in [-0.2, -0.15) is 26.3 Å². The van der Waals surface area contributed by atoms with E-state index in [1.165, 1.54) is 38.4 Å². The standard InChI is InChI=1S/C40H37F7N2O4/c1-24-15-31(41)13-14-32(24)33-20-34(27-11-9-25(10-12-27)16-36(50)51)48-21-35(33)49(3)37(52)38(2,23-53-22-26-7-5-4-6-8-26)28-17-29(39(42,43)44)19-30(18-28)40(45,46)47/h4-8,11,13-15,17-21,25H,9-10,12,16,22-23H2,1-3H3,(H,50,51). The van der Waals surface area contributed by atoms with Crippen molar-refractivity contribution in [1.82, 2.24) is 4.98 Å². The van der Waals surface area contributed by atoms with Gasteiger partial charge < -0.3 is 14.7 Å². The van der Waals surface area contributed by atoms with Crippen LogP contribution >= 0.6 is 0 Å². The lowest BCUT2D eigenvalue weighted by atomic mass is 9.79. The molecule has 13 heteroatoms. The zero-order valence-electron chi connectivity index (χ0n) is 29.1. The summed E-state index contributed by atoms with van der Waals surface area (Å²) in [5.41, 5.74) is -2.23. The number of halogens is 7. The van der Waals surface area contributed by atoms with Crippen molar-refractivity contribution in [3.8, 4) is 11.1 Å². The molecular weight excluding hydrogens is 705 g/mol. The van der Waals surface area contributed by atoms with Gasteiger partial charge in [-0.3, -0.25) is 14.6 Å². The SMILES string of the molecule is Cc1cc(F)ccc1-c1cc(C2=CCC(CC(=O)O)CC2)ncc1N(C)C(=O)C(C)(COCc1ccccc1)c1cc(C(F)(F)F)cc(C(F)(F)F)c1. The molecule has 53 heavy (non-hydrogen) atoms. The van der Waals surface area contributed by atoms with Gasteiger partial charge in [-0.15, -0.1) is 0 Å². The molecule has 1 aliphatic carbocycles. The number of aliphatic carboxylic acids is 1. The topological polar surface area (TPSA) is 79.7 Å². The van der Waals surface area contributed by atoms with Gasteiger partial charge in [0.15, 0.2) is 0 Å². The van der Waals surface area contributed by atoms with Gasteiger partial charge in [0.25, 0.3) is 0 Å². The molecule has 1 amide bonds. The minimum Gasteiger partial charge on any atom is -0.481 e. The number of amides is 1. The van der Waals surface area contributed by atoms with E-state index in [4.69, 9.17) is 4.74 Å². The lowest BCUT2D eigenvalue weighted by molar-refractivity contribution is -0.143. The van der Waals surface area contributed by atoms with E-state index in [2.05, 4.69) is 4.98 Å². The molecule has 0 saturated heterocycles. The van der Waals surface area contributed by atoms with Gasteiger partial charge in [0, 0.05) is 19.0 Å². The number of carboxylic acid groups (broad SMARTS) is 1. The van der Waals surface area contributed by atoms with Crippen LogP contribution in [-0.2, 0) is 38.7 Å². The van der Waals surface area contributed by atoms with Crippen molar-refractivity contribution in [2.75, 3.05) is 18.6 Å². The Morgan fingerprint density at radius 1 is 0.906 bits per heavy atom. The number of carbonyl (C=O) groups excluding carboxylic acids is 1. The minimum atomic E-state index is -5.16. The first-order valence-corrected chi connectivity index (χ1v) is 16.7. The number of carboxylic acids is 1. The van der Waals surface area contributed by atoms with Crippen molar-refractivity contribution in [3.63, 3.8) is 0 Å². The summed E-state index contributed by atoms with van der Waals surface area (Å²) in [5.74, 6) is -2.34. The average molecular weight is 743 g/mol. The molecule has 280 valence electrons. The fourth-order valence-corrected chi connectivity index (χ4v) is 6.56. The summed E-state index contributed by atoms with van der Waals surface area (Å²) in [6.45, 7) is 2.21. The summed E-state index contributed by atoms with van der Waals surface area (Å²) in [7, 11) is 1.34. The highest BCUT2D eigenvalue weighted by atomic mass is 19.4. The normalized spacial score (nSPS) is 16.1. The van der Waals surface area contributed by atoms with Gasteiger partial charge in [-0.1, -0.05) is 42.5 Å². The second-order valence-corrected chi connectivity index (χ2v) is 13.5. The van der Waals surface area contributed by atoms with Crippen LogP contribution in [0.5, 0.6) is 0 Å². The summed E-state index contributed by atoms with van der Waals surface area (Å²) in [6, 6.07) is 15.4. The van der Waals surface area contributed by atoms with Crippen LogP contribution in [0.4, 0.5) is 36.4 Å². The monoisotopic (exact) mass is 742 g/mol. The molecule has 0 saturated carbocycles. The van der Waals surface area contributed by atoms with Crippen LogP contribution in [0.2, 0.25) is 0 Å². The van der Waals surface area contributed by atoms with E-state index in [9.17, 15) is 45.4 Å². The maximum atomic E-state index is 14.7. The molecule has 0 aliphatic heterocycles. The van der Waals surface area contributed by atoms with Crippen LogP contribution in [0, 0.1) is 18.7 Å². The lowest BCUT2D eigenvalue weighted by Crippen LogP contribution is -2.47. The number of allylic oxidation sites excluding steroid dienone is 2. The Morgan fingerprint density at radius 2 is 1.55 bits per heavy atom. The second kappa shape index (κ2) is 15.5. The van der Waals surface area contributed by atoms with E-state index in [0.717, 1.165) is 10.5 Å². The number of hydrogen-bond acceptors (Lipinski definition) is 4. The lowest BCUT2D eigenvalue weighted by Gasteiger charge is -2.35. The van der Waals surface area contributed by atoms with Gasteiger partial charge in [0.1, 0.15) is 5.82 Å². The van der Waals surface area contributed by atoms with Gasteiger partial charge in [0.05, 0.1) is 47.3 Å². The van der Waals surface area contributed by atoms with E-state index in [1.54, 1.807) is 43.3 Å². The number of benzene rings is 3. The quantitative estimate of drug-likeness (QED) is 0.155. The van der Waals surface area contributed by atoms with Crippen molar-refractivity contribution in [2.45, 2.75) is 63.9 Å². The van der Waals surface area contributed by atoms with E-state index in [0.29, 0.717) is 59.3 Å². The highest BCUT2D eigenvalue weighted by Gasteiger charge is 2.44. The molecule has 2 atom stereocenters. The van der Waals surface area contributed by atoms with E-state index < -0.39 is 58.8 Å². The fourth-order valence-electron chi connectivity index (χ4n) is 6.56. The van der Waals surface area contributed by atoms with Crippen molar-refractivity contribution >= 4 is 23.1 Å². The van der Waals surface area contributed by atoms with Gasteiger partial charge in [0.2, 0.25) is 5.91 Å². The van der Waals surface area contributed by atoms with Gasteiger partial charge in [-0.05, 0) is 103 Å². The molecule has 1 aromatic heterocycles. The summed E-state index contributed by atoms with van der Waals surface area (Å²) < 4.78 is 104. The molecular formula is C40H37F7N2O4. The molecule has 3 aromatic carbocycles. The number of pyridine rings is 1. The van der Waals surface area contributed by atoms with E-state index in [-0.39, 0.29) is 30.7 Å². The third kappa shape index (κ3) is 9.13. The summed E-state index contributed by atoms with van der Waals surface area (Å²) in [4.78, 5) is 31.6. The van der Waals surface area contributed by atoms with Crippen LogP contribution in [0.1, 0.15) is 66.1 Å². The van der Waals surface area contributed by atoms with Crippen molar-refractivity contribution in [3.05, 3.63) is 124 Å². The molecule has 0 spiro atoms. The fraction of sp³-hybridized carbons (Fsp3) is 0.325. The molecule has 0 radical (unpaired) electrons. The third-order valence-electron chi connectivity index (χ3n) is 9.54. The Labute approximate surface area is 301 Å². The third-order valence-corrected chi connectivity index (χ3v) is 9.54. The Bertz CT molecular complexity index is 1980. The van der Waals surface area contributed by atoms with Crippen molar-refractivity contribution in [1.29, 1.82) is 0 Å². The van der Waals surface area contributed by atoms with Crippen molar-refractivity contribution in [2.24, 2.45) is 5.92 Å². The number of rotatable bonds is 11. The summed E-state index contributed by atoms with van der Waals surface area (Å²) in [5, 5.41) is 9.21. The number of aryl methyl sites for hydroxylation is 1. The van der Waals surface area contributed by atoms with E-state index in [1.807, 2.05) is 6.08 Å². The zero-order chi connectivity index (χ0) is 38.7. The van der Waals surface area contributed by atoms with E-state index >= 15 is 0 Å². The zero-order valence-corrected chi connectivity index (χ0v) is 29.1. The second-order valence-electron chi connectivity index (χ2n) is 13.5. The predicted molar refractivity (Wildman–Crippen MR) is 185 cm³/mol. The number of hydrogen-bond donors (Lipinski definition) is 1. The maximum absolute atomic E-state index is 14.7. The first-order chi connectivity index (χ1) is 24.9. The van der Waals surface area contributed by atoms with Crippen LogP contribution < -0.4 is 4.90 Å². The molecule has 6 nitrogen and oxygen atoms in total. The Balaban J connectivity index is 1.62. The number of ether oxygens (including phenoxy) is 1. The molecule has 0 fully saturated rings. The number of anilines is 1. The highest BCUT2D eigenvalue weighted by Crippen LogP contribution is 2.42. The summed E-state index contributed by atoms with van der Waals surface area (Å²) >= 11 is 0. The maximum Gasteiger partial charge on any atom is 0.416 e. The predicted octanol–water partition coefficient (Wildman–Crippen LogP) is 10.0. The molecule has 4 aromatic rings. The number of likely N-dealkylation sites (N-methyl/N-ethyl adjacent to an activating group) is 1. The molecule has 0 bridgehead atoms. The van der Waals surface area contributed by atoms with Crippen LogP contribution in [0.25, 0.3) is 16.7 Å². The average Bonchev–Trinajstić information content (AvgIpc) is 3.10. The first kappa shape index (κ1) is 39.2. The summed E-state index contributed by atoms with van der Waals surface area (Å²) in [6.07, 6.45) is -5.38. The van der Waals surface area contributed by atoms with Gasteiger partial charge in [-0.25, -0.2) is 4.39 Å². The number of aromatic nitrogens is 1. The minimum absolute atomic E-state index is 0.00478. The molecule has 2 unspecified atom stereocenters. The molecule has 1 N–H and O–H groups in total. The molecule has 1 heterocycles. The largest absolute Gasteiger partial charge is 0.481 e. The Morgan fingerprint density at radius 3 is 2.11 bits per heavy atom. The number of alkyl halides is 6. The van der Waals surface area contributed by atoms with Gasteiger partial charge >= 0.3 is 18.3 Å². The van der Waals surface area contributed by atoms with Crippen molar-refractivity contribution < 1.29 is 50.2 Å².